The van der Waals surface area contributed by atoms with Gasteiger partial charge in [-0.3, -0.25) is 9.59 Å². The number of carbonyl (C=O) groups excluding carboxylic acids is 2. The summed E-state index contributed by atoms with van der Waals surface area (Å²) in [5.41, 5.74) is 1.27. The highest BCUT2D eigenvalue weighted by Gasteiger charge is 2.21. The maximum atomic E-state index is 11.4. The Hall–Kier alpha value is -2.21. The predicted octanol–water partition coefficient (Wildman–Crippen LogP) is 1.34. The molecular formula is C11H5NO2. The fourth-order valence-corrected chi connectivity index (χ4v) is 1.41. The maximum absolute atomic E-state index is 11.4. The number of allylic oxidation sites excluding steroid dienone is 1. The van der Waals surface area contributed by atoms with Crippen molar-refractivity contribution < 1.29 is 9.59 Å². The van der Waals surface area contributed by atoms with Crippen LogP contribution in [0.2, 0.25) is 0 Å². The van der Waals surface area contributed by atoms with Crippen LogP contribution in [-0.4, -0.2) is 11.6 Å². The first-order valence-corrected chi connectivity index (χ1v) is 4.04. The van der Waals surface area contributed by atoms with Gasteiger partial charge in [-0.15, -0.1) is 0 Å². The van der Waals surface area contributed by atoms with Crippen molar-refractivity contribution in [3.63, 3.8) is 0 Å². The summed E-state index contributed by atoms with van der Waals surface area (Å²) < 4.78 is 0. The first kappa shape index (κ1) is 8.39. The molecule has 0 radical (unpaired) electrons. The number of hydrogen-bond acceptors (Lipinski definition) is 3. The van der Waals surface area contributed by atoms with Crippen molar-refractivity contribution in [2.24, 2.45) is 0 Å². The summed E-state index contributed by atoms with van der Waals surface area (Å²) in [6, 6.07) is 6.75. The van der Waals surface area contributed by atoms with Gasteiger partial charge in [0.1, 0.15) is 0 Å². The number of carbonyl (C=O) groups is 2. The molecule has 1 aliphatic carbocycles. The number of ketones is 2. The molecule has 14 heavy (non-hydrogen) atoms. The van der Waals surface area contributed by atoms with Crippen LogP contribution in [0.3, 0.4) is 0 Å². The average Bonchev–Trinajstić information content (AvgIpc) is 2.23. The molecular weight excluding hydrogens is 178 g/mol. The largest absolute Gasteiger partial charge is 0.286 e. The smallest absolute Gasteiger partial charge is 0.233 e. The Morgan fingerprint density at radius 3 is 2.64 bits per heavy atom. The van der Waals surface area contributed by atoms with E-state index in [-0.39, 0.29) is 0 Å². The fraction of sp³-hybridized carbons (Fsp3) is 0. The zero-order valence-corrected chi connectivity index (χ0v) is 7.15. The zero-order valence-electron chi connectivity index (χ0n) is 7.15. The van der Waals surface area contributed by atoms with Crippen LogP contribution in [0.1, 0.15) is 21.5 Å². The van der Waals surface area contributed by atoms with Crippen LogP contribution in [0.5, 0.6) is 0 Å². The second kappa shape index (κ2) is 2.93. The molecule has 2 rings (SSSR count). The normalized spacial score (nSPS) is 13.6. The standard InChI is InChI=1S/C11H5NO2/c12-6-7-2-1-3-9-8(7)4-5-10(13)11(9)14/h1-5H. The Kier molecular flexibility index (Phi) is 1.76. The zero-order chi connectivity index (χ0) is 10.1. The van der Waals surface area contributed by atoms with Crippen molar-refractivity contribution in [1.29, 1.82) is 5.26 Å². The molecule has 1 aromatic carbocycles. The molecule has 0 N–H and O–H groups in total. The molecule has 0 fully saturated rings. The molecule has 0 aliphatic heterocycles. The van der Waals surface area contributed by atoms with E-state index >= 15 is 0 Å². The van der Waals surface area contributed by atoms with E-state index in [1.807, 2.05) is 6.07 Å². The van der Waals surface area contributed by atoms with Gasteiger partial charge in [-0.2, -0.15) is 5.26 Å². The van der Waals surface area contributed by atoms with E-state index in [1.165, 1.54) is 12.2 Å². The first-order chi connectivity index (χ1) is 6.74. The highest BCUT2D eigenvalue weighted by atomic mass is 16.2. The van der Waals surface area contributed by atoms with Crippen molar-refractivity contribution in [3.05, 3.63) is 41.0 Å². The monoisotopic (exact) mass is 183 g/mol. The van der Waals surface area contributed by atoms with E-state index in [0.29, 0.717) is 16.7 Å². The Morgan fingerprint density at radius 2 is 1.93 bits per heavy atom. The molecule has 1 aromatic rings. The Balaban J connectivity index is 2.74. The summed E-state index contributed by atoms with van der Waals surface area (Å²) in [5.74, 6) is -1.08. The molecule has 0 saturated heterocycles. The third-order valence-corrected chi connectivity index (χ3v) is 2.10. The fourth-order valence-electron chi connectivity index (χ4n) is 1.41. The summed E-state index contributed by atoms with van der Waals surface area (Å²) >= 11 is 0. The third-order valence-electron chi connectivity index (χ3n) is 2.10. The lowest BCUT2D eigenvalue weighted by Crippen LogP contribution is -2.16. The lowest BCUT2D eigenvalue weighted by Gasteiger charge is -2.08. The number of fused-ring (bicyclic) bond motifs is 1. The highest BCUT2D eigenvalue weighted by molar-refractivity contribution is 6.50. The number of nitriles is 1. The first-order valence-electron chi connectivity index (χ1n) is 4.04. The lowest BCUT2D eigenvalue weighted by atomic mass is 9.92. The Morgan fingerprint density at radius 1 is 1.14 bits per heavy atom. The van der Waals surface area contributed by atoms with Gasteiger partial charge in [0.2, 0.25) is 11.6 Å². The van der Waals surface area contributed by atoms with Gasteiger partial charge in [0.15, 0.2) is 0 Å². The van der Waals surface area contributed by atoms with E-state index in [2.05, 4.69) is 0 Å². The minimum absolute atomic E-state index is 0.316. The van der Waals surface area contributed by atoms with Gasteiger partial charge in [0.05, 0.1) is 11.6 Å². The van der Waals surface area contributed by atoms with Crippen LogP contribution >= 0.6 is 0 Å². The minimum atomic E-state index is -0.542. The average molecular weight is 183 g/mol. The Labute approximate surface area is 80.3 Å². The molecule has 66 valence electrons. The number of rotatable bonds is 0. The van der Waals surface area contributed by atoms with E-state index in [0.717, 1.165) is 0 Å². The molecule has 0 unspecified atom stereocenters. The molecule has 0 heterocycles. The second-order valence-corrected chi connectivity index (χ2v) is 2.91. The third kappa shape index (κ3) is 1.05. The minimum Gasteiger partial charge on any atom is -0.286 e. The summed E-state index contributed by atoms with van der Waals surface area (Å²) in [5, 5.41) is 8.77. The van der Waals surface area contributed by atoms with Gasteiger partial charge in [-0.1, -0.05) is 12.1 Å². The summed E-state index contributed by atoms with van der Waals surface area (Å²) in [6.07, 6.45) is 2.71. The SMILES string of the molecule is N#Cc1cccc2c1C=CC(=O)C2=O. The number of hydrogen-bond donors (Lipinski definition) is 0. The van der Waals surface area contributed by atoms with Gasteiger partial charge < -0.3 is 0 Å². The molecule has 3 heteroatoms. The molecule has 0 aromatic heterocycles. The van der Waals surface area contributed by atoms with Crippen LogP contribution < -0.4 is 0 Å². The van der Waals surface area contributed by atoms with Crippen molar-refractivity contribution in [1.82, 2.24) is 0 Å². The summed E-state index contributed by atoms with van der Waals surface area (Å²) in [7, 11) is 0. The predicted molar refractivity (Wildman–Crippen MR) is 49.5 cm³/mol. The van der Waals surface area contributed by atoms with Crippen LogP contribution in [-0.2, 0) is 4.79 Å². The van der Waals surface area contributed by atoms with Crippen molar-refractivity contribution in [2.75, 3.05) is 0 Å². The van der Waals surface area contributed by atoms with E-state index in [9.17, 15) is 9.59 Å². The highest BCUT2D eigenvalue weighted by Crippen LogP contribution is 2.20. The topological polar surface area (TPSA) is 57.9 Å². The van der Waals surface area contributed by atoms with Crippen LogP contribution in [0.25, 0.3) is 6.08 Å². The molecule has 0 atom stereocenters. The maximum Gasteiger partial charge on any atom is 0.233 e. The van der Waals surface area contributed by atoms with Gasteiger partial charge in [-0.25, -0.2) is 0 Å². The van der Waals surface area contributed by atoms with Gasteiger partial charge in [0, 0.05) is 11.1 Å². The second-order valence-electron chi connectivity index (χ2n) is 2.91. The van der Waals surface area contributed by atoms with Crippen molar-refractivity contribution in [2.45, 2.75) is 0 Å². The van der Waals surface area contributed by atoms with Gasteiger partial charge >= 0.3 is 0 Å². The van der Waals surface area contributed by atoms with Crippen LogP contribution in [0, 0.1) is 11.3 Å². The molecule has 0 bridgehead atoms. The van der Waals surface area contributed by atoms with Crippen LogP contribution in [0.15, 0.2) is 24.3 Å². The van der Waals surface area contributed by atoms with Crippen molar-refractivity contribution in [3.8, 4) is 6.07 Å². The van der Waals surface area contributed by atoms with E-state index in [4.69, 9.17) is 5.26 Å². The quantitative estimate of drug-likeness (QED) is 0.570. The lowest BCUT2D eigenvalue weighted by molar-refractivity contribution is -0.110. The number of Topliss-reactive ketones (excluding diaryl/α,β-unsaturated/α-hetero) is 1. The molecule has 3 nitrogen and oxygen atoms in total. The Bertz CT molecular complexity index is 507. The van der Waals surface area contributed by atoms with Crippen molar-refractivity contribution >= 4 is 17.6 Å². The molecule has 1 aliphatic rings. The van der Waals surface area contributed by atoms with E-state index in [1.54, 1.807) is 18.2 Å². The van der Waals surface area contributed by atoms with Crippen LogP contribution in [0.4, 0.5) is 0 Å². The summed E-state index contributed by atoms with van der Waals surface area (Å²) in [4.78, 5) is 22.4. The molecule has 0 spiro atoms. The molecule has 0 saturated carbocycles. The number of nitrogens with zero attached hydrogens (tertiary/aromatic N) is 1. The summed E-state index contributed by atoms with van der Waals surface area (Å²) in [6.45, 7) is 0. The van der Waals surface area contributed by atoms with E-state index < -0.39 is 11.6 Å². The molecule has 0 amide bonds. The number of benzene rings is 1. The van der Waals surface area contributed by atoms with Gasteiger partial charge in [-0.05, 0) is 18.2 Å². The van der Waals surface area contributed by atoms with Gasteiger partial charge in [0.25, 0.3) is 0 Å².